The monoisotopic (exact) mass is 206 g/mol. The van der Waals surface area contributed by atoms with Crippen molar-refractivity contribution in [3.63, 3.8) is 0 Å². The lowest BCUT2D eigenvalue weighted by Crippen LogP contribution is -1.70. The van der Waals surface area contributed by atoms with Crippen LogP contribution in [0, 0.1) is 0 Å². The van der Waals surface area contributed by atoms with E-state index in [9.17, 15) is 4.79 Å². The number of carbonyl (C=O) groups is 1. The number of rotatable bonds is 9. The lowest BCUT2D eigenvalue weighted by atomic mass is 10.2. The van der Waals surface area contributed by atoms with Crippen molar-refractivity contribution in [1.29, 1.82) is 0 Å². The van der Waals surface area contributed by atoms with Crippen molar-refractivity contribution >= 4 is 6.29 Å². The second-order valence-corrected chi connectivity index (χ2v) is 3.47. The van der Waals surface area contributed by atoms with E-state index in [1.54, 1.807) is 0 Å². The lowest BCUT2D eigenvalue weighted by Gasteiger charge is -1.90. The van der Waals surface area contributed by atoms with Gasteiger partial charge in [-0.3, -0.25) is 4.79 Å². The van der Waals surface area contributed by atoms with E-state index in [4.69, 9.17) is 0 Å². The quantitative estimate of drug-likeness (QED) is 0.239. The van der Waals surface area contributed by atoms with Crippen molar-refractivity contribution in [2.75, 3.05) is 0 Å². The highest BCUT2D eigenvalue weighted by molar-refractivity contribution is 5.64. The summed E-state index contributed by atoms with van der Waals surface area (Å²) in [5, 5.41) is 0. The Hall–Kier alpha value is -1.11. The number of aldehydes is 1. The van der Waals surface area contributed by atoms with Gasteiger partial charge in [0.25, 0.3) is 0 Å². The molecule has 0 aromatic heterocycles. The highest BCUT2D eigenvalue weighted by atomic mass is 16.1. The minimum absolute atomic E-state index is 0.807. The molecule has 0 aromatic carbocycles. The Morgan fingerprint density at radius 3 is 2.20 bits per heavy atom. The Labute approximate surface area is 93.6 Å². The van der Waals surface area contributed by atoms with Crippen LogP contribution in [0.3, 0.4) is 0 Å². The molecule has 84 valence electrons. The molecule has 0 bridgehead atoms. The molecule has 0 amide bonds. The Kier molecular flexibility index (Phi) is 11.9. The molecule has 0 unspecified atom stereocenters. The van der Waals surface area contributed by atoms with Crippen molar-refractivity contribution in [2.24, 2.45) is 0 Å². The molecule has 0 saturated heterocycles. The SMILES string of the molecule is CCCCC/C=C\C/C=C\C/C=C\C=O. The van der Waals surface area contributed by atoms with Crippen LogP contribution in [-0.4, -0.2) is 6.29 Å². The number of allylic oxidation sites excluding steroid dienone is 6. The van der Waals surface area contributed by atoms with Crippen molar-refractivity contribution in [3.05, 3.63) is 36.5 Å². The molecule has 1 nitrogen and oxygen atoms in total. The van der Waals surface area contributed by atoms with Crippen LogP contribution in [0.4, 0.5) is 0 Å². The van der Waals surface area contributed by atoms with Gasteiger partial charge in [0.1, 0.15) is 6.29 Å². The smallest absolute Gasteiger partial charge is 0.142 e. The Morgan fingerprint density at radius 2 is 1.53 bits per heavy atom. The van der Waals surface area contributed by atoms with E-state index in [0.717, 1.165) is 19.1 Å². The molecule has 0 atom stereocenters. The third-order valence-electron chi connectivity index (χ3n) is 2.07. The van der Waals surface area contributed by atoms with Crippen molar-refractivity contribution in [1.82, 2.24) is 0 Å². The topological polar surface area (TPSA) is 17.1 Å². The average Bonchev–Trinajstić information content (AvgIpc) is 2.26. The molecule has 0 fully saturated rings. The maximum absolute atomic E-state index is 9.94. The van der Waals surface area contributed by atoms with Gasteiger partial charge >= 0.3 is 0 Å². The second kappa shape index (κ2) is 12.9. The largest absolute Gasteiger partial charge is 0.299 e. The predicted octanol–water partition coefficient (Wildman–Crippen LogP) is 4.21. The first-order valence-corrected chi connectivity index (χ1v) is 5.82. The summed E-state index contributed by atoms with van der Waals surface area (Å²) in [4.78, 5) is 9.94. The molecule has 0 aliphatic carbocycles. The first-order valence-electron chi connectivity index (χ1n) is 5.82. The lowest BCUT2D eigenvalue weighted by molar-refractivity contribution is -0.104. The van der Waals surface area contributed by atoms with Crippen molar-refractivity contribution < 1.29 is 4.79 Å². The number of hydrogen-bond acceptors (Lipinski definition) is 1. The minimum Gasteiger partial charge on any atom is -0.299 e. The van der Waals surface area contributed by atoms with Gasteiger partial charge in [0, 0.05) is 0 Å². The summed E-state index contributed by atoms with van der Waals surface area (Å²) in [6, 6.07) is 0. The van der Waals surface area contributed by atoms with Gasteiger partial charge in [-0.15, -0.1) is 0 Å². The normalized spacial score (nSPS) is 12.1. The highest BCUT2D eigenvalue weighted by Gasteiger charge is 1.80. The number of carbonyl (C=O) groups excluding carboxylic acids is 1. The molecular formula is C14H22O. The molecule has 0 saturated carbocycles. The van der Waals surface area contributed by atoms with Crippen LogP contribution in [0.15, 0.2) is 36.5 Å². The molecule has 0 heterocycles. The van der Waals surface area contributed by atoms with Crippen LogP contribution >= 0.6 is 0 Å². The molecule has 0 aromatic rings. The van der Waals surface area contributed by atoms with Gasteiger partial charge in [-0.25, -0.2) is 0 Å². The van der Waals surface area contributed by atoms with Crippen LogP contribution in [-0.2, 0) is 4.79 Å². The van der Waals surface area contributed by atoms with Crippen LogP contribution in [0.2, 0.25) is 0 Å². The summed E-state index contributed by atoms with van der Waals surface area (Å²) in [5.74, 6) is 0. The van der Waals surface area contributed by atoms with E-state index in [1.165, 1.54) is 31.8 Å². The summed E-state index contributed by atoms with van der Waals surface area (Å²) in [7, 11) is 0. The van der Waals surface area contributed by atoms with Crippen LogP contribution in [0.1, 0.15) is 45.4 Å². The van der Waals surface area contributed by atoms with E-state index < -0.39 is 0 Å². The van der Waals surface area contributed by atoms with E-state index in [0.29, 0.717) is 0 Å². The summed E-state index contributed by atoms with van der Waals surface area (Å²) in [5.41, 5.74) is 0. The Morgan fingerprint density at radius 1 is 0.867 bits per heavy atom. The summed E-state index contributed by atoms with van der Waals surface area (Å²) >= 11 is 0. The molecule has 0 rings (SSSR count). The first-order chi connectivity index (χ1) is 7.41. The van der Waals surface area contributed by atoms with E-state index >= 15 is 0 Å². The zero-order valence-corrected chi connectivity index (χ0v) is 9.69. The zero-order valence-electron chi connectivity index (χ0n) is 9.69. The molecular weight excluding hydrogens is 184 g/mol. The maximum atomic E-state index is 9.94. The fourth-order valence-electron chi connectivity index (χ4n) is 1.21. The van der Waals surface area contributed by atoms with E-state index in [1.807, 2.05) is 6.08 Å². The summed E-state index contributed by atoms with van der Waals surface area (Å²) < 4.78 is 0. The number of unbranched alkanes of at least 4 members (excludes halogenated alkanes) is 3. The number of hydrogen-bond donors (Lipinski definition) is 0. The zero-order chi connectivity index (χ0) is 11.2. The van der Waals surface area contributed by atoms with Gasteiger partial charge in [-0.1, -0.05) is 50.1 Å². The van der Waals surface area contributed by atoms with E-state index in [2.05, 4.69) is 31.2 Å². The van der Waals surface area contributed by atoms with Crippen LogP contribution in [0.25, 0.3) is 0 Å². The average molecular weight is 206 g/mol. The highest BCUT2D eigenvalue weighted by Crippen LogP contribution is 2.00. The molecule has 0 radical (unpaired) electrons. The molecule has 0 aliphatic heterocycles. The van der Waals surface area contributed by atoms with Gasteiger partial charge < -0.3 is 0 Å². The summed E-state index contributed by atoms with van der Waals surface area (Å²) in [6.45, 7) is 2.22. The summed E-state index contributed by atoms with van der Waals surface area (Å²) in [6.07, 6.45) is 19.8. The third-order valence-corrected chi connectivity index (χ3v) is 2.07. The first kappa shape index (κ1) is 13.9. The third kappa shape index (κ3) is 12.9. The maximum Gasteiger partial charge on any atom is 0.142 e. The minimum atomic E-state index is 0.807. The Bertz CT molecular complexity index is 211. The fourth-order valence-corrected chi connectivity index (χ4v) is 1.21. The van der Waals surface area contributed by atoms with Gasteiger partial charge in [-0.05, 0) is 31.8 Å². The fraction of sp³-hybridized carbons (Fsp3) is 0.500. The van der Waals surface area contributed by atoms with Crippen LogP contribution < -0.4 is 0 Å². The molecule has 0 aliphatic rings. The molecule has 15 heavy (non-hydrogen) atoms. The van der Waals surface area contributed by atoms with Gasteiger partial charge in [-0.2, -0.15) is 0 Å². The van der Waals surface area contributed by atoms with Crippen LogP contribution in [0.5, 0.6) is 0 Å². The van der Waals surface area contributed by atoms with Crippen molar-refractivity contribution in [3.8, 4) is 0 Å². The van der Waals surface area contributed by atoms with Gasteiger partial charge in [0.2, 0.25) is 0 Å². The van der Waals surface area contributed by atoms with Gasteiger partial charge in [0.05, 0.1) is 0 Å². The Balaban J connectivity index is 3.28. The predicted molar refractivity (Wildman–Crippen MR) is 66.9 cm³/mol. The molecule has 1 heteroatoms. The van der Waals surface area contributed by atoms with Gasteiger partial charge in [0.15, 0.2) is 0 Å². The van der Waals surface area contributed by atoms with E-state index in [-0.39, 0.29) is 0 Å². The molecule has 0 spiro atoms. The second-order valence-electron chi connectivity index (χ2n) is 3.47. The molecule has 0 N–H and O–H groups in total. The standard InChI is InChI=1S/C14H22O/c1-2-3-4-5-6-7-8-9-10-11-12-13-14-15/h6-7,9-10,12-14H,2-5,8,11H2,1H3/b7-6-,10-9-,13-12-. The van der Waals surface area contributed by atoms with Crippen molar-refractivity contribution in [2.45, 2.75) is 45.4 Å².